The van der Waals surface area contributed by atoms with Crippen molar-refractivity contribution in [1.82, 2.24) is 5.32 Å². The van der Waals surface area contributed by atoms with Crippen molar-refractivity contribution in [3.8, 4) is 5.75 Å². The summed E-state index contributed by atoms with van der Waals surface area (Å²) in [7, 11) is 1.52. The minimum Gasteiger partial charge on any atom is -0.495 e. The Kier molecular flexibility index (Phi) is 5.67. The van der Waals surface area contributed by atoms with Crippen LogP contribution in [0.4, 0.5) is 14.9 Å². The molecule has 0 aliphatic rings. The Balaban J connectivity index is 2.00. The molecule has 0 saturated carbocycles. The third-order valence-electron chi connectivity index (χ3n) is 3.73. The van der Waals surface area contributed by atoms with Gasteiger partial charge >= 0.3 is 6.03 Å². The molecule has 24 heavy (non-hydrogen) atoms. The third kappa shape index (κ3) is 4.61. The van der Waals surface area contributed by atoms with E-state index in [0.29, 0.717) is 23.0 Å². The van der Waals surface area contributed by atoms with Crippen LogP contribution in [0.15, 0.2) is 42.5 Å². The van der Waals surface area contributed by atoms with Gasteiger partial charge in [-0.25, -0.2) is 9.18 Å². The molecule has 0 fully saturated rings. The average Bonchev–Trinajstić information content (AvgIpc) is 2.54. The fourth-order valence-corrected chi connectivity index (χ4v) is 2.42. The first-order valence-corrected chi connectivity index (χ1v) is 7.84. The molecule has 2 N–H and O–H groups in total. The van der Waals surface area contributed by atoms with Crippen LogP contribution in [0.2, 0.25) is 5.02 Å². The number of carbonyl (C=O) groups excluding carboxylic acids is 1. The predicted molar refractivity (Wildman–Crippen MR) is 94.5 cm³/mol. The van der Waals surface area contributed by atoms with Crippen molar-refractivity contribution in [2.24, 2.45) is 0 Å². The zero-order valence-corrected chi connectivity index (χ0v) is 14.6. The van der Waals surface area contributed by atoms with Gasteiger partial charge in [-0.15, -0.1) is 0 Å². The molecule has 0 bridgehead atoms. The number of amides is 2. The average molecular weight is 351 g/mol. The maximum absolute atomic E-state index is 13.0. The molecule has 2 aromatic rings. The summed E-state index contributed by atoms with van der Waals surface area (Å²) in [5.74, 6) is 0.237. The van der Waals surface area contributed by atoms with Gasteiger partial charge < -0.3 is 15.4 Å². The molecule has 128 valence electrons. The van der Waals surface area contributed by atoms with E-state index in [1.54, 1.807) is 30.3 Å². The molecule has 0 unspecified atom stereocenters. The molecule has 0 radical (unpaired) electrons. The van der Waals surface area contributed by atoms with E-state index in [-0.39, 0.29) is 17.3 Å². The highest BCUT2D eigenvalue weighted by molar-refractivity contribution is 6.31. The topological polar surface area (TPSA) is 50.4 Å². The lowest BCUT2D eigenvalue weighted by molar-refractivity contribution is 0.249. The van der Waals surface area contributed by atoms with Crippen LogP contribution in [0.5, 0.6) is 5.75 Å². The van der Waals surface area contributed by atoms with Crippen molar-refractivity contribution in [3.05, 3.63) is 58.9 Å². The van der Waals surface area contributed by atoms with Crippen molar-refractivity contribution < 1.29 is 13.9 Å². The van der Waals surface area contributed by atoms with E-state index in [0.717, 1.165) is 5.56 Å². The quantitative estimate of drug-likeness (QED) is 0.828. The Morgan fingerprint density at radius 2 is 1.88 bits per heavy atom. The fourth-order valence-electron chi connectivity index (χ4n) is 2.25. The van der Waals surface area contributed by atoms with Gasteiger partial charge in [-0.1, -0.05) is 37.6 Å². The minimum absolute atomic E-state index is 0.284. The zero-order chi connectivity index (χ0) is 17.7. The monoisotopic (exact) mass is 350 g/mol. The molecule has 0 saturated heterocycles. The first kappa shape index (κ1) is 18.1. The molecular weight excluding hydrogens is 331 g/mol. The molecule has 4 nitrogen and oxygen atoms in total. The van der Waals surface area contributed by atoms with Crippen molar-refractivity contribution >= 4 is 23.3 Å². The number of urea groups is 1. The Bertz CT molecular complexity index is 717. The summed E-state index contributed by atoms with van der Waals surface area (Å²) in [5, 5.41) is 6.03. The van der Waals surface area contributed by atoms with Crippen molar-refractivity contribution in [2.75, 3.05) is 19.0 Å². The molecule has 6 heteroatoms. The van der Waals surface area contributed by atoms with Gasteiger partial charge in [-0.3, -0.25) is 0 Å². The lowest BCUT2D eigenvalue weighted by Crippen LogP contribution is -2.39. The number of benzene rings is 2. The van der Waals surface area contributed by atoms with Gasteiger partial charge in [0.15, 0.2) is 0 Å². The van der Waals surface area contributed by atoms with Crippen LogP contribution in [-0.2, 0) is 5.41 Å². The Morgan fingerprint density at radius 3 is 2.50 bits per heavy atom. The third-order valence-corrected chi connectivity index (χ3v) is 3.96. The SMILES string of the molecule is COc1ccc(Cl)cc1NC(=O)NCC(C)(C)c1ccc(F)cc1. The highest BCUT2D eigenvalue weighted by Crippen LogP contribution is 2.27. The highest BCUT2D eigenvalue weighted by Gasteiger charge is 2.21. The van der Waals surface area contributed by atoms with Gasteiger partial charge in [0.25, 0.3) is 0 Å². The summed E-state index contributed by atoms with van der Waals surface area (Å²) in [6.45, 7) is 4.33. The van der Waals surface area contributed by atoms with E-state index in [2.05, 4.69) is 10.6 Å². The Labute approximate surface area is 146 Å². The van der Waals surface area contributed by atoms with Gasteiger partial charge in [-0.05, 0) is 35.9 Å². The molecular formula is C18H20ClFN2O2. The van der Waals surface area contributed by atoms with Crippen LogP contribution in [0, 0.1) is 5.82 Å². The Hall–Kier alpha value is -2.27. The van der Waals surface area contributed by atoms with E-state index in [4.69, 9.17) is 16.3 Å². The molecule has 2 rings (SSSR count). The number of halogens is 2. The maximum atomic E-state index is 13.0. The minimum atomic E-state index is -0.370. The van der Waals surface area contributed by atoms with Gasteiger partial charge in [0, 0.05) is 17.0 Å². The van der Waals surface area contributed by atoms with Crippen LogP contribution >= 0.6 is 11.6 Å². The van der Waals surface area contributed by atoms with E-state index in [1.807, 2.05) is 13.8 Å². The molecule has 0 heterocycles. The molecule has 2 aromatic carbocycles. The molecule has 2 amide bonds. The molecule has 0 spiro atoms. The van der Waals surface area contributed by atoms with Gasteiger partial charge in [0.05, 0.1) is 12.8 Å². The highest BCUT2D eigenvalue weighted by atomic mass is 35.5. The summed E-state index contributed by atoms with van der Waals surface area (Å²) in [6.07, 6.45) is 0. The van der Waals surface area contributed by atoms with Crippen molar-refractivity contribution in [2.45, 2.75) is 19.3 Å². The lowest BCUT2D eigenvalue weighted by atomic mass is 9.84. The lowest BCUT2D eigenvalue weighted by Gasteiger charge is -2.25. The second-order valence-electron chi connectivity index (χ2n) is 6.04. The predicted octanol–water partition coefficient (Wildman–Crippen LogP) is 4.59. The number of hydrogen-bond acceptors (Lipinski definition) is 2. The summed E-state index contributed by atoms with van der Waals surface area (Å²) >= 11 is 5.94. The van der Waals surface area contributed by atoms with E-state index in [1.165, 1.54) is 19.2 Å². The number of rotatable bonds is 5. The number of ether oxygens (including phenoxy) is 1. The standard InChI is InChI=1S/C18H20ClFN2O2/c1-18(2,12-4-7-14(20)8-5-12)11-21-17(23)22-15-10-13(19)6-9-16(15)24-3/h4-10H,11H2,1-3H3,(H2,21,22,23). The van der Waals surface area contributed by atoms with Crippen LogP contribution < -0.4 is 15.4 Å². The summed E-state index contributed by atoms with van der Waals surface area (Å²) in [4.78, 5) is 12.1. The number of carbonyl (C=O) groups is 1. The molecule has 0 atom stereocenters. The van der Waals surface area contributed by atoms with E-state index >= 15 is 0 Å². The van der Waals surface area contributed by atoms with Crippen LogP contribution in [0.1, 0.15) is 19.4 Å². The van der Waals surface area contributed by atoms with Crippen molar-refractivity contribution in [3.63, 3.8) is 0 Å². The largest absolute Gasteiger partial charge is 0.495 e. The first-order valence-electron chi connectivity index (χ1n) is 7.46. The van der Waals surface area contributed by atoms with E-state index < -0.39 is 0 Å². The zero-order valence-electron chi connectivity index (χ0n) is 13.8. The summed E-state index contributed by atoms with van der Waals surface area (Å²) in [6, 6.07) is 10.9. The number of anilines is 1. The fraction of sp³-hybridized carbons (Fsp3) is 0.278. The number of hydrogen-bond donors (Lipinski definition) is 2. The second kappa shape index (κ2) is 7.53. The molecule has 0 aliphatic carbocycles. The molecule has 0 aromatic heterocycles. The van der Waals surface area contributed by atoms with Crippen LogP contribution in [-0.4, -0.2) is 19.7 Å². The van der Waals surface area contributed by atoms with E-state index in [9.17, 15) is 9.18 Å². The van der Waals surface area contributed by atoms with Gasteiger partial charge in [-0.2, -0.15) is 0 Å². The first-order chi connectivity index (χ1) is 11.3. The number of methoxy groups -OCH3 is 1. The number of nitrogens with one attached hydrogen (secondary N) is 2. The second-order valence-corrected chi connectivity index (χ2v) is 6.48. The maximum Gasteiger partial charge on any atom is 0.319 e. The van der Waals surface area contributed by atoms with Crippen molar-refractivity contribution in [1.29, 1.82) is 0 Å². The smallest absolute Gasteiger partial charge is 0.319 e. The van der Waals surface area contributed by atoms with Gasteiger partial charge in [0.1, 0.15) is 11.6 Å². The normalized spacial score (nSPS) is 11.0. The molecule has 0 aliphatic heterocycles. The van der Waals surface area contributed by atoms with Gasteiger partial charge in [0.2, 0.25) is 0 Å². The van der Waals surface area contributed by atoms with Crippen LogP contribution in [0.3, 0.4) is 0 Å². The summed E-state index contributed by atoms with van der Waals surface area (Å²) < 4.78 is 18.2. The van der Waals surface area contributed by atoms with Crippen LogP contribution in [0.25, 0.3) is 0 Å². The summed E-state index contributed by atoms with van der Waals surface area (Å²) in [5.41, 5.74) is 1.08. The Morgan fingerprint density at radius 1 is 1.21 bits per heavy atom.